The molecule has 1 aromatic carbocycles. The summed E-state index contributed by atoms with van der Waals surface area (Å²) in [5.74, 6) is 1.55. The number of ether oxygens (including phenoxy) is 2. The van der Waals surface area contributed by atoms with Gasteiger partial charge in [-0.1, -0.05) is 28.8 Å². The lowest BCUT2D eigenvalue weighted by Crippen LogP contribution is -2.27. The maximum atomic E-state index is 12.1. The number of hydrogen-bond acceptors (Lipinski definition) is 4. The number of halogens is 1. The van der Waals surface area contributed by atoms with Crippen molar-refractivity contribution in [1.82, 2.24) is 5.32 Å². The van der Waals surface area contributed by atoms with E-state index >= 15 is 0 Å². The Kier molecular flexibility index (Phi) is 7.17. The lowest BCUT2D eigenvalue weighted by atomic mass is 10.1. The molecule has 0 saturated heterocycles. The van der Waals surface area contributed by atoms with E-state index in [0.717, 1.165) is 53.8 Å². The number of nitrogens with one attached hydrogen (secondary N) is 1. The Morgan fingerprint density at radius 1 is 1.22 bits per heavy atom. The first kappa shape index (κ1) is 18.1. The molecule has 0 aliphatic carbocycles. The average Bonchev–Trinajstić information content (AvgIpc) is 2.53. The normalized spacial score (nSPS) is 14.4. The molecule has 1 atom stereocenters. The first-order valence-corrected chi connectivity index (χ1v) is 8.99. The summed E-state index contributed by atoms with van der Waals surface area (Å²) in [6.45, 7) is 3.82. The highest BCUT2D eigenvalue weighted by Gasteiger charge is 2.19. The summed E-state index contributed by atoms with van der Waals surface area (Å²) in [7, 11) is 0. The molecule has 0 spiro atoms. The molecule has 0 saturated carbocycles. The SMILES string of the molecule is CC(NC(=O)CCCCCCN)c1cc2c(cc1Br)OCCO2. The van der Waals surface area contributed by atoms with E-state index in [-0.39, 0.29) is 11.9 Å². The first-order chi connectivity index (χ1) is 11.1. The number of fused-ring (bicyclic) bond motifs is 1. The zero-order valence-electron chi connectivity index (χ0n) is 13.6. The molecule has 1 unspecified atom stereocenters. The van der Waals surface area contributed by atoms with E-state index in [4.69, 9.17) is 15.2 Å². The summed E-state index contributed by atoms with van der Waals surface area (Å²) >= 11 is 3.55. The molecule has 0 aromatic heterocycles. The van der Waals surface area contributed by atoms with E-state index in [1.165, 1.54) is 0 Å². The number of unbranched alkanes of at least 4 members (excludes halogenated alkanes) is 3. The van der Waals surface area contributed by atoms with Crippen LogP contribution in [0.15, 0.2) is 16.6 Å². The lowest BCUT2D eigenvalue weighted by Gasteiger charge is -2.22. The molecule has 1 aliphatic rings. The fourth-order valence-electron chi connectivity index (χ4n) is 2.59. The molecule has 2 rings (SSSR count). The fourth-order valence-corrected chi connectivity index (χ4v) is 3.25. The monoisotopic (exact) mass is 384 g/mol. The van der Waals surface area contributed by atoms with Crippen LogP contribution in [0.5, 0.6) is 11.5 Å². The molecule has 1 heterocycles. The molecule has 1 aliphatic heterocycles. The maximum absolute atomic E-state index is 12.1. The third-order valence-corrected chi connectivity index (χ3v) is 4.55. The van der Waals surface area contributed by atoms with Crippen molar-refractivity contribution in [1.29, 1.82) is 0 Å². The molecule has 3 N–H and O–H groups in total. The van der Waals surface area contributed by atoms with Crippen LogP contribution < -0.4 is 20.5 Å². The standard InChI is InChI=1S/C17H25BrN2O3/c1-12(20-17(21)6-4-2-3-5-7-19)13-10-15-16(11-14(13)18)23-9-8-22-15/h10-12H,2-9,19H2,1H3,(H,20,21). The van der Waals surface area contributed by atoms with Gasteiger partial charge in [0.25, 0.3) is 0 Å². The zero-order valence-corrected chi connectivity index (χ0v) is 15.2. The quantitative estimate of drug-likeness (QED) is 0.674. The highest BCUT2D eigenvalue weighted by molar-refractivity contribution is 9.10. The van der Waals surface area contributed by atoms with Gasteiger partial charge in [-0.2, -0.15) is 0 Å². The van der Waals surface area contributed by atoms with Gasteiger partial charge in [-0.05, 0) is 44.0 Å². The average molecular weight is 385 g/mol. The minimum absolute atomic E-state index is 0.0760. The Morgan fingerprint density at radius 2 is 1.87 bits per heavy atom. The third-order valence-electron chi connectivity index (χ3n) is 3.86. The van der Waals surface area contributed by atoms with Crippen LogP contribution in [0.3, 0.4) is 0 Å². The Balaban J connectivity index is 1.87. The van der Waals surface area contributed by atoms with Crippen molar-refractivity contribution in [3.05, 3.63) is 22.2 Å². The molecule has 23 heavy (non-hydrogen) atoms. The highest BCUT2D eigenvalue weighted by Crippen LogP contribution is 2.37. The number of benzene rings is 1. The molecule has 1 amide bonds. The van der Waals surface area contributed by atoms with Crippen LogP contribution in [0.25, 0.3) is 0 Å². The van der Waals surface area contributed by atoms with E-state index < -0.39 is 0 Å². The summed E-state index contributed by atoms with van der Waals surface area (Å²) in [4.78, 5) is 12.1. The van der Waals surface area contributed by atoms with Crippen molar-refractivity contribution in [3.63, 3.8) is 0 Å². The molecular formula is C17H25BrN2O3. The van der Waals surface area contributed by atoms with Gasteiger partial charge in [0.15, 0.2) is 11.5 Å². The van der Waals surface area contributed by atoms with Crippen LogP contribution in [0.2, 0.25) is 0 Å². The molecule has 5 nitrogen and oxygen atoms in total. The Labute approximate surface area is 146 Å². The van der Waals surface area contributed by atoms with E-state index in [1.807, 2.05) is 19.1 Å². The number of nitrogens with two attached hydrogens (primary N) is 1. The van der Waals surface area contributed by atoms with Crippen molar-refractivity contribution in [2.24, 2.45) is 5.73 Å². The number of carbonyl (C=O) groups excluding carboxylic acids is 1. The molecule has 6 heteroatoms. The second kappa shape index (κ2) is 9.13. The van der Waals surface area contributed by atoms with E-state index in [9.17, 15) is 4.79 Å². The van der Waals surface area contributed by atoms with Gasteiger partial charge in [0, 0.05) is 10.9 Å². The van der Waals surface area contributed by atoms with Crippen molar-refractivity contribution in [3.8, 4) is 11.5 Å². The van der Waals surface area contributed by atoms with Gasteiger partial charge in [0.2, 0.25) is 5.91 Å². The van der Waals surface area contributed by atoms with Gasteiger partial charge in [-0.15, -0.1) is 0 Å². The minimum atomic E-state index is -0.0863. The van der Waals surface area contributed by atoms with Gasteiger partial charge in [-0.25, -0.2) is 0 Å². The van der Waals surface area contributed by atoms with Crippen LogP contribution in [0, 0.1) is 0 Å². The largest absolute Gasteiger partial charge is 0.486 e. The number of amides is 1. The second-order valence-corrected chi connectivity index (χ2v) is 6.61. The topological polar surface area (TPSA) is 73.6 Å². The van der Waals surface area contributed by atoms with Gasteiger partial charge in [0.05, 0.1) is 6.04 Å². The highest BCUT2D eigenvalue weighted by atomic mass is 79.9. The number of carbonyl (C=O) groups is 1. The summed E-state index contributed by atoms with van der Waals surface area (Å²) in [5, 5.41) is 3.04. The van der Waals surface area contributed by atoms with Crippen LogP contribution in [0.4, 0.5) is 0 Å². The van der Waals surface area contributed by atoms with Crippen molar-refractivity contribution in [2.75, 3.05) is 19.8 Å². The predicted octanol–water partition coefficient (Wildman–Crippen LogP) is 3.31. The van der Waals surface area contributed by atoms with Crippen LogP contribution >= 0.6 is 15.9 Å². The first-order valence-electron chi connectivity index (χ1n) is 8.20. The van der Waals surface area contributed by atoms with Crippen LogP contribution in [0.1, 0.15) is 50.6 Å². The van der Waals surface area contributed by atoms with Crippen LogP contribution in [-0.4, -0.2) is 25.7 Å². The lowest BCUT2D eigenvalue weighted by molar-refractivity contribution is -0.121. The van der Waals surface area contributed by atoms with Gasteiger partial charge in [0.1, 0.15) is 13.2 Å². The third kappa shape index (κ3) is 5.39. The predicted molar refractivity (Wildman–Crippen MR) is 93.8 cm³/mol. The fraction of sp³-hybridized carbons (Fsp3) is 0.588. The Bertz CT molecular complexity index is 537. The van der Waals surface area contributed by atoms with E-state index in [0.29, 0.717) is 19.6 Å². The van der Waals surface area contributed by atoms with Gasteiger partial charge in [-0.3, -0.25) is 4.79 Å². The molecular weight excluding hydrogens is 360 g/mol. The summed E-state index contributed by atoms with van der Waals surface area (Å²) in [6, 6.07) is 3.75. The molecule has 0 radical (unpaired) electrons. The molecule has 0 fully saturated rings. The summed E-state index contributed by atoms with van der Waals surface area (Å²) in [5.41, 5.74) is 6.45. The van der Waals surface area contributed by atoms with Crippen molar-refractivity contribution < 1.29 is 14.3 Å². The smallest absolute Gasteiger partial charge is 0.220 e. The minimum Gasteiger partial charge on any atom is -0.486 e. The maximum Gasteiger partial charge on any atom is 0.220 e. The molecule has 1 aromatic rings. The summed E-state index contributed by atoms with van der Waals surface area (Å²) < 4.78 is 12.1. The van der Waals surface area contributed by atoms with Gasteiger partial charge >= 0.3 is 0 Å². The van der Waals surface area contributed by atoms with E-state index in [2.05, 4.69) is 21.2 Å². The zero-order chi connectivity index (χ0) is 16.7. The van der Waals surface area contributed by atoms with Gasteiger partial charge < -0.3 is 20.5 Å². The van der Waals surface area contributed by atoms with E-state index in [1.54, 1.807) is 0 Å². The second-order valence-electron chi connectivity index (χ2n) is 5.76. The number of hydrogen-bond donors (Lipinski definition) is 2. The summed E-state index contributed by atoms with van der Waals surface area (Å²) in [6.07, 6.45) is 4.62. The Morgan fingerprint density at radius 3 is 2.57 bits per heavy atom. The van der Waals surface area contributed by atoms with Crippen LogP contribution in [-0.2, 0) is 4.79 Å². The van der Waals surface area contributed by atoms with Crippen molar-refractivity contribution in [2.45, 2.75) is 45.1 Å². The Hall–Kier alpha value is -1.27. The molecule has 0 bridgehead atoms. The number of rotatable bonds is 8. The van der Waals surface area contributed by atoms with Crippen molar-refractivity contribution >= 4 is 21.8 Å². The molecule has 128 valence electrons.